The molecule has 12 heteroatoms. The Labute approximate surface area is 194 Å². The number of halogens is 1. The number of thioether (sulfide) groups is 1. The monoisotopic (exact) mass is 477 g/mol. The number of cyclic esters (lactones) is 1. The topological polar surface area (TPSA) is 108 Å². The van der Waals surface area contributed by atoms with E-state index in [1.54, 1.807) is 36.3 Å². The van der Waals surface area contributed by atoms with Crippen LogP contribution >= 0.6 is 11.8 Å². The highest BCUT2D eigenvalue weighted by atomic mass is 32.2. The number of amides is 3. The molecule has 1 N–H and O–H groups in total. The summed E-state index contributed by atoms with van der Waals surface area (Å²) in [6.07, 6.45) is 0.568. The number of carbonyl (C=O) groups excluding carboxylic acids is 3. The van der Waals surface area contributed by atoms with Crippen LogP contribution in [0.4, 0.5) is 25.4 Å². The highest BCUT2D eigenvalue weighted by Gasteiger charge is 2.33. The van der Waals surface area contributed by atoms with E-state index >= 15 is 0 Å². The molecule has 1 atom stereocenters. The van der Waals surface area contributed by atoms with E-state index in [-0.39, 0.29) is 29.9 Å². The van der Waals surface area contributed by atoms with Gasteiger partial charge in [-0.1, -0.05) is 16.9 Å². The fourth-order valence-electron chi connectivity index (χ4n) is 3.81. The molecule has 3 amide bonds. The van der Waals surface area contributed by atoms with Crippen molar-refractivity contribution in [3.8, 4) is 0 Å². The summed E-state index contributed by atoms with van der Waals surface area (Å²) in [5.74, 6) is -0.110. The third kappa shape index (κ3) is 5.05. The van der Waals surface area contributed by atoms with Crippen molar-refractivity contribution >= 4 is 40.4 Å². The standard InChI is InChI=1S/C21H24FN5O5S/c1-13-9-17(24-32-13)19(28)26-7-5-25(6-8-26)18-4-3-14(10-16(18)22)27-12-15(31-21(27)30)11-23-20(29)33-2/h3-4,9-10,15H,5-8,11-12H2,1-2H3,(H,23,29). The molecule has 0 bridgehead atoms. The first-order valence-corrected chi connectivity index (χ1v) is 11.6. The number of aromatic nitrogens is 1. The van der Waals surface area contributed by atoms with Gasteiger partial charge in [-0.15, -0.1) is 0 Å². The van der Waals surface area contributed by atoms with Crippen LogP contribution < -0.4 is 15.1 Å². The largest absolute Gasteiger partial charge is 0.442 e. The number of nitrogens with one attached hydrogen (secondary N) is 1. The molecule has 2 aromatic rings. The van der Waals surface area contributed by atoms with Gasteiger partial charge in [0.05, 0.1) is 24.5 Å². The van der Waals surface area contributed by atoms with Crippen molar-refractivity contribution < 1.29 is 28.0 Å². The third-order valence-corrected chi connectivity index (χ3v) is 6.05. The van der Waals surface area contributed by atoms with Gasteiger partial charge in [-0.2, -0.15) is 0 Å². The predicted octanol–water partition coefficient (Wildman–Crippen LogP) is 2.48. The van der Waals surface area contributed by atoms with Gasteiger partial charge >= 0.3 is 6.09 Å². The molecule has 0 saturated carbocycles. The van der Waals surface area contributed by atoms with Crippen LogP contribution in [0.1, 0.15) is 16.2 Å². The lowest BCUT2D eigenvalue weighted by molar-refractivity contribution is 0.0736. The molecule has 0 aliphatic carbocycles. The van der Waals surface area contributed by atoms with E-state index in [1.165, 1.54) is 11.0 Å². The molecule has 2 aliphatic heterocycles. The van der Waals surface area contributed by atoms with Gasteiger partial charge < -0.3 is 24.4 Å². The highest BCUT2D eigenvalue weighted by molar-refractivity contribution is 8.12. The number of nitrogens with zero attached hydrogens (tertiary/aromatic N) is 4. The van der Waals surface area contributed by atoms with Gasteiger partial charge in [-0.3, -0.25) is 14.5 Å². The van der Waals surface area contributed by atoms with Crippen molar-refractivity contribution in [3.63, 3.8) is 0 Å². The maximum Gasteiger partial charge on any atom is 0.414 e. The number of benzene rings is 1. The summed E-state index contributed by atoms with van der Waals surface area (Å²) in [5.41, 5.74) is 1.05. The van der Waals surface area contributed by atoms with Crippen molar-refractivity contribution in [1.82, 2.24) is 15.4 Å². The first-order valence-electron chi connectivity index (χ1n) is 10.4. The van der Waals surface area contributed by atoms with E-state index < -0.39 is 18.0 Å². The molecular formula is C21H24FN5O5S. The van der Waals surface area contributed by atoms with Crippen LogP contribution in [0.15, 0.2) is 28.8 Å². The summed E-state index contributed by atoms with van der Waals surface area (Å²) >= 11 is 1.04. The molecule has 2 fully saturated rings. The molecule has 2 aliphatic rings. The summed E-state index contributed by atoms with van der Waals surface area (Å²) in [6.45, 7) is 3.90. The van der Waals surface area contributed by atoms with Gasteiger partial charge in [-0.25, -0.2) is 9.18 Å². The minimum atomic E-state index is -0.583. The normalized spacial score (nSPS) is 18.5. The number of carbonyl (C=O) groups is 3. The van der Waals surface area contributed by atoms with Gasteiger partial charge in [0.25, 0.3) is 11.1 Å². The average molecular weight is 478 g/mol. The van der Waals surface area contributed by atoms with Gasteiger partial charge in [0.15, 0.2) is 5.69 Å². The number of hydrogen-bond donors (Lipinski definition) is 1. The zero-order valence-corrected chi connectivity index (χ0v) is 19.1. The average Bonchev–Trinajstić information content (AvgIpc) is 3.42. The second-order valence-corrected chi connectivity index (χ2v) is 8.51. The van der Waals surface area contributed by atoms with Crippen LogP contribution in [0.5, 0.6) is 0 Å². The molecule has 1 aromatic heterocycles. The Hall–Kier alpha value is -3.28. The number of piperazine rings is 1. The first-order chi connectivity index (χ1) is 15.9. The van der Waals surface area contributed by atoms with Gasteiger partial charge in [0.2, 0.25) is 0 Å². The summed E-state index contributed by atoms with van der Waals surface area (Å²) in [7, 11) is 0. The lowest BCUT2D eigenvalue weighted by Crippen LogP contribution is -2.49. The van der Waals surface area contributed by atoms with Crippen LogP contribution in [-0.2, 0) is 4.74 Å². The van der Waals surface area contributed by atoms with Gasteiger partial charge in [0, 0.05) is 32.2 Å². The fourth-order valence-corrected chi connectivity index (χ4v) is 4.04. The number of hydrogen-bond acceptors (Lipinski definition) is 8. The Morgan fingerprint density at radius 3 is 2.64 bits per heavy atom. The van der Waals surface area contributed by atoms with Crippen LogP contribution in [0.25, 0.3) is 0 Å². The maximum absolute atomic E-state index is 15.0. The minimum absolute atomic E-state index is 0.194. The van der Waals surface area contributed by atoms with E-state index in [9.17, 15) is 18.8 Å². The molecule has 0 radical (unpaired) electrons. The lowest BCUT2D eigenvalue weighted by atomic mass is 10.2. The number of rotatable bonds is 5. The SMILES string of the molecule is CSC(=O)NCC1CN(c2ccc(N3CCN(C(=O)c4cc(C)on4)CC3)c(F)c2)C(=O)O1. The van der Waals surface area contributed by atoms with Crippen molar-refractivity contribution in [2.75, 3.05) is 55.3 Å². The van der Waals surface area contributed by atoms with Crippen molar-refractivity contribution in [3.05, 3.63) is 41.5 Å². The third-order valence-electron chi connectivity index (χ3n) is 5.53. The zero-order valence-electron chi connectivity index (χ0n) is 18.2. The van der Waals surface area contributed by atoms with Crippen LogP contribution in [-0.4, -0.2) is 78.9 Å². The van der Waals surface area contributed by atoms with Crippen molar-refractivity contribution in [1.29, 1.82) is 0 Å². The smallest absolute Gasteiger partial charge is 0.414 e. The minimum Gasteiger partial charge on any atom is -0.442 e. The number of aryl methyl sites for hydroxylation is 1. The highest BCUT2D eigenvalue weighted by Crippen LogP contribution is 2.28. The van der Waals surface area contributed by atoms with E-state index in [1.807, 2.05) is 4.90 Å². The van der Waals surface area contributed by atoms with E-state index in [2.05, 4.69) is 10.5 Å². The summed E-state index contributed by atoms with van der Waals surface area (Å²) < 4.78 is 25.2. The van der Waals surface area contributed by atoms with E-state index in [4.69, 9.17) is 9.26 Å². The van der Waals surface area contributed by atoms with Crippen molar-refractivity contribution in [2.24, 2.45) is 0 Å². The Morgan fingerprint density at radius 1 is 1.24 bits per heavy atom. The van der Waals surface area contributed by atoms with E-state index in [0.29, 0.717) is 43.3 Å². The molecule has 10 nitrogen and oxygen atoms in total. The number of anilines is 2. The molecule has 1 aromatic carbocycles. The zero-order chi connectivity index (χ0) is 23.5. The molecule has 4 rings (SSSR count). The first kappa shape index (κ1) is 22.9. The van der Waals surface area contributed by atoms with Crippen LogP contribution in [0.2, 0.25) is 0 Å². The quantitative estimate of drug-likeness (QED) is 0.700. The summed E-state index contributed by atoms with van der Waals surface area (Å²) in [6, 6.07) is 6.18. The summed E-state index contributed by atoms with van der Waals surface area (Å²) in [4.78, 5) is 41.0. The number of ether oxygens (including phenoxy) is 1. The lowest BCUT2D eigenvalue weighted by Gasteiger charge is -2.36. The second kappa shape index (κ2) is 9.69. The summed E-state index contributed by atoms with van der Waals surface area (Å²) in [5, 5.41) is 6.21. The van der Waals surface area contributed by atoms with Gasteiger partial charge in [-0.05, 0) is 31.4 Å². The molecule has 3 heterocycles. The van der Waals surface area contributed by atoms with Crippen LogP contribution in [0, 0.1) is 12.7 Å². The Bertz CT molecular complexity index is 1060. The molecule has 33 heavy (non-hydrogen) atoms. The fraction of sp³-hybridized carbons (Fsp3) is 0.429. The molecule has 2 saturated heterocycles. The molecular weight excluding hydrogens is 453 g/mol. The Balaban J connectivity index is 1.36. The van der Waals surface area contributed by atoms with E-state index in [0.717, 1.165) is 11.8 Å². The Morgan fingerprint density at radius 2 is 2.00 bits per heavy atom. The molecule has 1 unspecified atom stereocenters. The van der Waals surface area contributed by atoms with Gasteiger partial charge in [0.1, 0.15) is 17.7 Å². The van der Waals surface area contributed by atoms with Crippen molar-refractivity contribution in [2.45, 2.75) is 13.0 Å². The maximum atomic E-state index is 15.0. The van der Waals surface area contributed by atoms with Crippen LogP contribution in [0.3, 0.4) is 0 Å². The second-order valence-electron chi connectivity index (χ2n) is 7.73. The molecule has 176 valence electrons. The Kier molecular flexibility index (Phi) is 6.72. The predicted molar refractivity (Wildman–Crippen MR) is 120 cm³/mol. The molecule has 0 spiro atoms.